The van der Waals surface area contributed by atoms with Crippen molar-refractivity contribution in [3.8, 4) is 0 Å². The van der Waals surface area contributed by atoms with Crippen LogP contribution in [0, 0.1) is 0 Å². The summed E-state index contributed by atoms with van der Waals surface area (Å²) in [6, 6.07) is 0. The quantitative estimate of drug-likeness (QED) is 0.602. The lowest BCUT2D eigenvalue weighted by Gasteiger charge is -2.16. The third kappa shape index (κ3) is 6.13. The summed E-state index contributed by atoms with van der Waals surface area (Å²) < 4.78 is 4.56. The molecular formula is C7H14ClNO2. The molecule has 0 aromatic heterocycles. The molecule has 0 saturated heterocycles. The molecule has 0 radical (unpaired) electrons. The van der Waals surface area contributed by atoms with E-state index in [9.17, 15) is 4.79 Å². The molecule has 0 heterocycles. The number of carbonyl (C=O) groups excluding carboxylic acids is 1. The van der Waals surface area contributed by atoms with Gasteiger partial charge in [0, 0.05) is 18.1 Å². The summed E-state index contributed by atoms with van der Waals surface area (Å²) in [5, 5.41) is 0. The molecule has 0 unspecified atom stereocenters. The van der Waals surface area contributed by atoms with Crippen molar-refractivity contribution in [3.63, 3.8) is 0 Å². The smallest absolute Gasteiger partial charge is 0.403 e. The van der Waals surface area contributed by atoms with Gasteiger partial charge in [0.15, 0.2) is 0 Å². The molecule has 0 amide bonds. The number of rotatable bonds is 5. The zero-order valence-electron chi connectivity index (χ0n) is 6.97. The van der Waals surface area contributed by atoms with Crippen LogP contribution in [0.15, 0.2) is 0 Å². The van der Waals surface area contributed by atoms with Crippen LogP contribution in [0.2, 0.25) is 0 Å². The van der Waals surface area contributed by atoms with Crippen LogP contribution in [0.4, 0.5) is 4.79 Å². The van der Waals surface area contributed by atoms with Gasteiger partial charge >= 0.3 is 5.43 Å². The summed E-state index contributed by atoms with van der Waals surface area (Å²) in [5.74, 6) is 0. The monoisotopic (exact) mass is 179 g/mol. The minimum atomic E-state index is -0.725. The number of halogens is 1. The lowest BCUT2D eigenvalue weighted by Crippen LogP contribution is -2.27. The van der Waals surface area contributed by atoms with E-state index >= 15 is 0 Å². The van der Waals surface area contributed by atoms with Crippen molar-refractivity contribution in [2.45, 2.75) is 13.8 Å². The SMILES string of the molecule is CCN(CC)CCOC(=O)Cl. The standard InChI is InChI=1S/C7H14ClNO2/c1-3-9(4-2)5-6-11-7(8)10/h3-6H2,1-2H3. The molecule has 0 aliphatic rings. The van der Waals surface area contributed by atoms with Gasteiger partial charge in [-0.25, -0.2) is 4.79 Å². The van der Waals surface area contributed by atoms with Gasteiger partial charge in [0.05, 0.1) is 0 Å². The van der Waals surface area contributed by atoms with Crippen molar-refractivity contribution in [3.05, 3.63) is 0 Å². The largest absolute Gasteiger partial charge is 0.452 e. The van der Waals surface area contributed by atoms with E-state index in [1.807, 2.05) is 0 Å². The molecule has 0 spiro atoms. The van der Waals surface area contributed by atoms with Gasteiger partial charge < -0.3 is 9.64 Å². The summed E-state index contributed by atoms with van der Waals surface area (Å²) in [6.07, 6.45) is 0. The molecule has 0 N–H and O–H groups in total. The summed E-state index contributed by atoms with van der Waals surface area (Å²) in [6.45, 7) is 7.19. The highest BCUT2D eigenvalue weighted by Crippen LogP contribution is 1.90. The van der Waals surface area contributed by atoms with Gasteiger partial charge in [-0.2, -0.15) is 0 Å². The first-order chi connectivity index (χ1) is 5.20. The zero-order chi connectivity index (χ0) is 8.69. The lowest BCUT2D eigenvalue weighted by atomic mass is 10.5. The van der Waals surface area contributed by atoms with E-state index in [1.165, 1.54) is 0 Å². The molecule has 0 fully saturated rings. The van der Waals surface area contributed by atoms with Gasteiger partial charge in [0.2, 0.25) is 0 Å². The van der Waals surface area contributed by atoms with Gasteiger partial charge in [-0.3, -0.25) is 0 Å². The molecule has 0 saturated carbocycles. The predicted molar refractivity (Wildman–Crippen MR) is 45.0 cm³/mol. The second-order valence-corrected chi connectivity index (χ2v) is 2.42. The van der Waals surface area contributed by atoms with E-state index in [2.05, 4.69) is 23.5 Å². The van der Waals surface area contributed by atoms with Crippen molar-refractivity contribution in [2.75, 3.05) is 26.2 Å². The Kier molecular flexibility index (Phi) is 6.27. The maximum absolute atomic E-state index is 10.1. The maximum atomic E-state index is 10.1. The molecule has 0 bridgehead atoms. The summed E-state index contributed by atoms with van der Waals surface area (Å²) in [4.78, 5) is 12.3. The van der Waals surface area contributed by atoms with Crippen molar-refractivity contribution < 1.29 is 9.53 Å². The van der Waals surface area contributed by atoms with Crippen LogP contribution < -0.4 is 0 Å². The molecule has 0 aromatic rings. The third-order valence-electron chi connectivity index (χ3n) is 1.52. The van der Waals surface area contributed by atoms with E-state index in [4.69, 9.17) is 11.6 Å². The van der Waals surface area contributed by atoms with Crippen LogP contribution in [-0.2, 0) is 4.74 Å². The number of hydrogen-bond acceptors (Lipinski definition) is 3. The summed E-state index contributed by atoms with van der Waals surface area (Å²) in [7, 11) is 0. The molecule has 4 heteroatoms. The van der Waals surface area contributed by atoms with Gasteiger partial charge in [0.1, 0.15) is 6.61 Å². The Labute approximate surface area is 72.3 Å². The highest BCUT2D eigenvalue weighted by atomic mass is 35.5. The Morgan fingerprint density at radius 3 is 2.36 bits per heavy atom. The normalized spacial score (nSPS) is 10.2. The fraction of sp³-hybridized carbons (Fsp3) is 0.857. The highest BCUT2D eigenvalue weighted by molar-refractivity contribution is 6.61. The van der Waals surface area contributed by atoms with E-state index in [0.717, 1.165) is 19.6 Å². The van der Waals surface area contributed by atoms with Gasteiger partial charge in [0.25, 0.3) is 0 Å². The van der Waals surface area contributed by atoms with Crippen molar-refractivity contribution in [1.82, 2.24) is 4.90 Å². The highest BCUT2D eigenvalue weighted by Gasteiger charge is 1.99. The third-order valence-corrected chi connectivity index (χ3v) is 1.63. The Morgan fingerprint density at radius 2 is 2.00 bits per heavy atom. The summed E-state index contributed by atoms with van der Waals surface area (Å²) in [5.41, 5.74) is -0.725. The first kappa shape index (κ1) is 10.7. The van der Waals surface area contributed by atoms with Crippen molar-refractivity contribution in [1.29, 1.82) is 0 Å². The van der Waals surface area contributed by atoms with Gasteiger partial charge in [-0.15, -0.1) is 0 Å². The first-order valence-corrected chi connectivity index (χ1v) is 4.13. The second-order valence-electron chi connectivity index (χ2n) is 2.11. The Bertz CT molecular complexity index is 115. The minimum absolute atomic E-state index is 0.379. The average molecular weight is 180 g/mol. The number of ether oxygens (including phenoxy) is 1. The summed E-state index contributed by atoms with van der Waals surface area (Å²) >= 11 is 4.97. The minimum Gasteiger partial charge on any atom is -0.452 e. The first-order valence-electron chi connectivity index (χ1n) is 3.75. The number of carbonyl (C=O) groups is 1. The van der Waals surface area contributed by atoms with Crippen molar-refractivity contribution in [2.24, 2.45) is 0 Å². The maximum Gasteiger partial charge on any atom is 0.403 e. The molecule has 0 aliphatic heterocycles. The molecule has 3 nitrogen and oxygen atoms in total. The van der Waals surface area contributed by atoms with Crippen LogP contribution in [0.5, 0.6) is 0 Å². The van der Waals surface area contributed by atoms with Crippen LogP contribution in [0.1, 0.15) is 13.8 Å². The molecular weight excluding hydrogens is 166 g/mol. The Hall–Kier alpha value is -0.280. The van der Waals surface area contributed by atoms with Crippen LogP contribution in [-0.4, -0.2) is 36.6 Å². The number of hydrogen-bond donors (Lipinski definition) is 0. The molecule has 11 heavy (non-hydrogen) atoms. The van der Waals surface area contributed by atoms with Crippen LogP contribution in [0.25, 0.3) is 0 Å². The fourth-order valence-electron chi connectivity index (χ4n) is 0.795. The molecule has 0 rings (SSSR count). The van der Waals surface area contributed by atoms with E-state index in [-0.39, 0.29) is 0 Å². The molecule has 0 aliphatic carbocycles. The Morgan fingerprint density at radius 1 is 1.45 bits per heavy atom. The van der Waals surface area contributed by atoms with Crippen molar-refractivity contribution >= 4 is 17.0 Å². The molecule has 0 aromatic carbocycles. The predicted octanol–water partition coefficient (Wildman–Crippen LogP) is 1.70. The van der Waals surface area contributed by atoms with Gasteiger partial charge in [-0.05, 0) is 13.1 Å². The van der Waals surface area contributed by atoms with Crippen LogP contribution in [0.3, 0.4) is 0 Å². The van der Waals surface area contributed by atoms with E-state index < -0.39 is 5.43 Å². The van der Waals surface area contributed by atoms with E-state index in [1.54, 1.807) is 0 Å². The second kappa shape index (κ2) is 6.43. The fourth-order valence-corrected chi connectivity index (χ4v) is 0.872. The lowest BCUT2D eigenvalue weighted by molar-refractivity contribution is 0.152. The van der Waals surface area contributed by atoms with E-state index in [0.29, 0.717) is 6.61 Å². The molecule has 66 valence electrons. The molecule has 0 atom stereocenters. The Balaban J connectivity index is 3.28. The average Bonchev–Trinajstić information content (AvgIpc) is 1.98. The number of nitrogens with zero attached hydrogens (tertiary/aromatic N) is 1. The number of likely N-dealkylation sites (N-methyl/N-ethyl adjacent to an activating group) is 1. The van der Waals surface area contributed by atoms with Crippen LogP contribution >= 0.6 is 11.6 Å². The van der Waals surface area contributed by atoms with Gasteiger partial charge in [-0.1, -0.05) is 13.8 Å². The topological polar surface area (TPSA) is 29.5 Å². The zero-order valence-corrected chi connectivity index (χ0v) is 7.73.